The van der Waals surface area contributed by atoms with Crippen LogP contribution < -0.4 is 11.1 Å². The maximum atomic E-state index is 6.33. The molecular formula is C15H22N2. The fourth-order valence-corrected chi connectivity index (χ4v) is 2.78. The molecule has 0 spiro atoms. The number of nitrogens with one attached hydrogen (secondary N) is 1. The number of rotatable bonds is 3. The van der Waals surface area contributed by atoms with Crippen molar-refractivity contribution in [2.45, 2.75) is 39.5 Å². The highest BCUT2D eigenvalue weighted by molar-refractivity contribution is 5.47. The second kappa shape index (κ2) is 4.82. The molecule has 0 saturated heterocycles. The van der Waals surface area contributed by atoms with Crippen molar-refractivity contribution in [1.29, 1.82) is 0 Å². The van der Waals surface area contributed by atoms with Gasteiger partial charge in [0.2, 0.25) is 0 Å². The van der Waals surface area contributed by atoms with Crippen LogP contribution >= 0.6 is 0 Å². The maximum absolute atomic E-state index is 6.33. The van der Waals surface area contributed by atoms with E-state index in [0.29, 0.717) is 5.92 Å². The lowest BCUT2D eigenvalue weighted by molar-refractivity contribution is 0.525. The summed E-state index contributed by atoms with van der Waals surface area (Å²) < 4.78 is 0. The van der Waals surface area contributed by atoms with Gasteiger partial charge in [0.05, 0.1) is 0 Å². The smallest absolute Gasteiger partial charge is 0.0434 e. The van der Waals surface area contributed by atoms with Crippen molar-refractivity contribution in [2.75, 3.05) is 0 Å². The SMILES string of the molecule is C=C(C)NC1=C2C(N)=C(CC)CCC2CC=C1. The summed E-state index contributed by atoms with van der Waals surface area (Å²) in [5.41, 5.74) is 12.2. The molecule has 0 radical (unpaired) electrons. The van der Waals surface area contributed by atoms with Crippen molar-refractivity contribution in [2.24, 2.45) is 11.7 Å². The van der Waals surface area contributed by atoms with Gasteiger partial charge in [-0.15, -0.1) is 0 Å². The van der Waals surface area contributed by atoms with E-state index in [1.54, 1.807) is 0 Å². The molecule has 0 aromatic rings. The standard InChI is InChI=1S/C15H22N2/c1-4-11-8-9-12-6-5-7-13(17-10(2)3)14(12)15(11)16/h5,7,12,17H,2,4,6,8-9,16H2,1,3H3. The van der Waals surface area contributed by atoms with E-state index in [0.717, 1.165) is 36.4 Å². The first kappa shape index (κ1) is 12.0. The van der Waals surface area contributed by atoms with Crippen LogP contribution in [0.3, 0.4) is 0 Å². The third kappa shape index (κ3) is 2.31. The van der Waals surface area contributed by atoms with Gasteiger partial charge in [0, 0.05) is 22.7 Å². The average molecular weight is 230 g/mol. The van der Waals surface area contributed by atoms with Crippen LogP contribution in [-0.2, 0) is 0 Å². The van der Waals surface area contributed by atoms with E-state index >= 15 is 0 Å². The summed E-state index contributed by atoms with van der Waals surface area (Å²) in [5.74, 6) is 0.595. The minimum atomic E-state index is 0.595. The van der Waals surface area contributed by atoms with E-state index in [1.807, 2.05) is 6.92 Å². The van der Waals surface area contributed by atoms with Crippen LogP contribution in [-0.4, -0.2) is 0 Å². The number of fused-ring (bicyclic) bond motifs is 1. The Labute approximate surface area is 104 Å². The second-order valence-corrected chi connectivity index (χ2v) is 4.98. The highest BCUT2D eigenvalue weighted by atomic mass is 14.9. The van der Waals surface area contributed by atoms with Crippen molar-refractivity contribution in [3.63, 3.8) is 0 Å². The van der Waals surface area contributed by atoms with E-state index in [-0.39, 0.29) is 0 Å². The molecule has 1 atom stereocenters. The predicted molar refractivity (Wildman–Crippen MR) is 73.0 cm³/mol. The van der Waals surface area contributed by atoms with Crippen LogP contribution in [0.1, 0.15) is 39.5 Å². The van der Waals surface area contributed by atoms with Crippen molar-refractivity contribution < 1.29 is 0 Å². The van der Waals surface area contributed by atoms with Gasteiger partial charge < -0.3 is 11.1 Å². The predicted octanol–water partition coefficient (Wildman–Crippen LogP) is 3.36. The molecule has 1 unspecified atom stereocenters. The average Bonchev–Trinajstić information content (AvgIpc) is 2.29. The zero-order valence-electron chi connectivity index (χ0n) is 10.8. The van der Waals surface area contributed by atoms with E-state index in [2.05, 4.69) is 31.0 Å². The molecule has 2 aliphatic rings. The molecule has 17 heavy (non-hydrogen) atoms. The van der Waals surface area contributed by atoms with Gasteiger partial charge >= 0.3 is 0 Å². The molecular weight excluding hydrogens is 208 g/mol. The molecule has 0 aromatic carbocycles. The first-order valence-electron chi connectivity index (χ1n) is 6.44. The normalized spacial score (nSPS) is 23.8. The van der Waals surface area contributed by atoms with Crippen LogP contribution in [0, 0.1) is 5.92 Å². The van der Waals surface area contributed by atoms with Crippen LogP contribution in [0.5, 0.6) is 0 Å². The number of hydrogen-bond donors (Lipinski definition) is 2. The molecule has 92 valence electrons. The zero-order chi connectivity index (χ0) is 12.4. The lowest BCUT2D eigenvalue weighted by Gasteiger charge is -2.32. The lowest BCUT2D eigenvalue weighted by Crippen LogP contribution is -2.26. The number of hydrogen-bond acceptors (Lipinski definition) is 2. The van der Waals surface area contributed by atoms with Gasteiger partial charge in [0.25, 0.3) is 0 Å². The summed E-state index contributed by atoms with van der Waals surface area (Å²) in [6.45, 7) is 8.08. The highest BCUT2D eigenvalue weighted by Crippen LogP contribution is 2.39. The van der Waals surface area contributed by atoms with Gasteiger partial charge in [-0.25, -0.2) is 0 Å². The Kier molecular flexibility index (Phi) is 3.41. The molecule has 2 nitrogen and oxygen atoms in total. The minimum absolute atomic E-state index is 0.595. The largest absolute Gasteiger partial charge is 0.398 e. The van der Waals surface area contributed by atoms with Crippen LogP contribution in [0.4, 0.5) is 0 Å². The Morgan fingerprint density at radius 3 is 3.00 bits per heavy atom. The number of nitrogens with two attached hydrogens (primary N) is 1. The van der Waals surface area contributed by atoms with Gasteiger partial charge in [-0.2, -0.15) is 0 Å². The molecule has 0 fully saturated rings. The molecule has 0 aliphatic heterocycles. The van der Waals surface area contributed by atoms with E-state index < -0.39 is 0 Å². The van der Waals surface area contributed by atoms with E-state index in [1.165, 1.54) is 17.6 Å². The van der Waals surface area contributed by atoms with Gasteiger partial charge in [-0.05, 0) is 50.2 Å². The maximum Gasteiger partial charge on any atom is 0.0434 e. The summed E-state index contributed by atoms with van der Waals surface area (Å²) >= 11 is 0. The summed E-state index contributed by atoms with van der Waals surface area (Å²) in [6, 6.07) is 0. The Balaban J connectivity index is 2.44. The first-order chi connectivity index (χ1) is 8.13. The quantitative estimate of drug-likeness (QED) is 0.780. The first-order valence-corrected chi connectivity index (χ1v) is 6.44. The molecule has 0 bridgehead atoms. The third-order valence-corrected chi connectivity index (χ3v) is 3.64. The molecule has 3 N–H and O–H groups in total. The Hall–Kier alpha value is -1.44. The zero-order valence-corrected chi connectivity index (χ0v) is 10.8. The fourth-order valence-electron chi connectivity index (χ4n) is 2.78. The van der Waals surface area contributed by atoms with Gasteiger partial charge in [0.15, 0.2) is 0 Å². The Morgan fingerprint density at radius 2 is 2.35 bits per heavy atom. The third-order valence-electron chi connectivity index (χ3n) is 3.64. The fraction of sp³-hybridized carbons (Fsp3) is 0.467. The molecule has 2 rings (SSSR count). The van der Waals surface area contributed by atoms with Crippen LogP contribution in [0.2, 0.25) is 0 Å². The van der Waals surface area contributed by atoms with Crippen molar-refractivity contribution in [3.8, 4) is 0 Å². The molecule has 0 heterocycles. The Morgan fingerprint density at radius 1 is 1.59 bits per heavy atom. The minimum Gasteiger partial charge on any atom is -0.398 e. The van der Waals surface area contributed by atoms with Crippen molar-refractivity contribution >= 4 is 0 Å². The monoisotopic (exact) mass is 230 g/mol. The summed E-state index contributed by atoms with van der Waals surface area (Å²) in [6.07, 6.45) is 8.95. The van der Waals surface area contributed by atoms with Gasteiger partial charge in [0.1, 0.15) is 0 Å². The summed E-state index contributed by atoms with van der Waals surface area (Å²) in [4.78, 5) is 0. The van der Waals surface area contributed by atoms with Crippen molar-refractivity contribution in [1.82, 2.24) is 5.32 Å². The van der Waals surface area contributed by atoms with Crippen LogP contribution in [0.25, 0.3) is 0 Å². The highest BCUT2D eigenvalue weighted by Gasteiger charge is 2.27. The van der Waals surface area contributed by atoms with Crippen molar-refractivity contribution in [3.05, 3.63) is 47.0 Å². The molecule has 2 aliphatic carbocycles. The second-order valence-electron chi connectivity index (χ2n) is 4.98. The molecule has 0 saturated carbocycles. The summed E-state index contributed by atoms with van der Waals surface area (Å²) in [5, 5.41) is 3.34. The topological polar surface area (TPSA) is 38.0 Å². The lowest BCUT2D eigenvalue weighted by atomic mass is 9.77. The molecule has 2 heteroatoms. The molecule has 0 aromatic heterocycles. The number of allylic oxidation sites excluding steroid dienone is 5. The van der Waals surface area contributed by atoms with Gasteiger partial charge in [-0.3, -0.25) is 0 Å². The Bertz CT molecular complexity index is 424. The van der Waals surface area contributed by atoms with Gasteiger partial charge in [-0.1, -0.05) is 19.6 Å². The summed E-state index contributed by atoms with van der Waals surface area (Å²) in [7, 11) is 0. The van der Waals surface area contributed by atoms with E-state index in [9.17, 15) is 0 Å². The molecule has 0 amide bonds. The van der Waals surface area contributed by atoms with E-state index in [4.69, 9.17) is 5.73 Å². The van der Waals surface area contributed by atoms with Crippen LogP contribution in [0.15, 0.2) is 47.0 Å².